The summed E-state index contributed by atoms with van der Waals surface area (Å²) in [5.41, 5.74) is 1.49. The van der Waals surface area contributed by atoms with Gasteiger partial charge >= 0.3 is 0 Å². The highest BCUT2D eigenvalue weighted by Gasteiger charge is 2.32. The number of likely N-dealkylation sites (N-methyl/N-ethyl adjacent to an activating group) is 1. The molecule has 0 fully saturated rings. The van der Waals surface area contributed by atoms with E-state index in [1.165, 1.54) is 4.90 Å². The van der Waals surface area contributed by atoms with E-state index in [4.69, 9.17) is 0 Å². The molecule has 0 aliphatic carbocycles. The first-order valence-corrected chi connectivity index (χ1v) is 6.64. The standard InChI is InChI=1S/C15H20N2O2/c1-10(2)13(16-3)9-17-14(18)8-11-6-4-5-7-12(11)15(17)19/h4-7,10,13,16H,8-9H2,1-3H3. The van der Waals surface area contributed by atoms with Gasteiger partial charge in [-0.3, -0.25) is 14.5 Å². The third-order valence-corrected chi connectivity index (χ3v) is 3.69. The number of amides is 2. The molecule has 1 aliphatic heterocycles. The predicted octanol–water partition coefficient (Wildman–Crippen LogP) is 1.46. The number of carbonyl (C=O) groups excluding carboxylic acids is 2. The van der Waals surface area contributed by atoms with Crippen molar-refractivity contribution in [3.63, 3.8) is 0 Å². The third-order valence-electron chi connectivity index (χ3n) is 3.69. The lowest BCUT2D eigenvalue weighted by Crippen LogP contribution is -2.50. The molecule has 0 bridgehead atoms. The number of fused-ring (bicyclic) bond motifs is 1. The van der Waals surface area contributed by atoms with Gasteiger partial charge in [0.15, 0.2) is 0 Å². The van der Waals surface area contributed by atoms with Gasteiger partial charge in [-0.25, -0.2) is 0 Å². The molecule has 0 spiro atoms. The van der Waals surface area contributed by atoms with Gasteiger partial charge in [0.25, 0.3) is 5.91 Å². The summed E-state index contributed by atoms with van der Waals surface area (Å²) in [6, 6.07) is 7.46. The largest absolute Gasteiger partial charge is 0.315 e. The van der Waals surface area contributed by atoms with Crippen LogP contribution in [0.25, 0.3) is 0 Å². The van der Waals surface area contributed by atoms with Crippen LogP contribution in [-0.4, -0.2) is 36.3 Å². The van der Waals surface area contributed by atoms with Crippen molar-refractivity contribution in [3.8, 4) is 0 Å². The van der Waals surface area contributed by atoms with E-state index in [-0.39, 0.29) is 17.9 Å². The Hall–Kier alpha value is -1.68. The van der Waals surface area contributed by atoms with Crippen molar-refractivity contribution in [2.24, 2.45) is 5.92 Å². The molecule has 0 aromatic heterocycles. The van der Waals surface area contributed by atoms with Crippen molar-refractivity contribution in [2.45, 2.75) is 26.3 Å². The first kappa shape index (κ1) is 13.7. The lowest BCUT2D eigenvalue weighted by Gasteiger charge is -2.31. The topological polar surface area (TPSA) is 49.4 Å². The van der Waals surface area contributed by atoms with Gasteiger partial charge in [-0.2, -0.15) is 0 Å². The fourth-order valence-electron chi connectivity index (χ4n) is 2.42. The lowest BCUT2D eigenvalue weighted by molar-refractivity contribution is -0.128. The van der Waals surface area contributed by atoms with Crippen LogP contribution < -0.4 is 5.32 Å². The van der Waals surface area contributed by atoms with Crippen LogP contribution in [0.4, 0.5) is 0 Å². The summed E-state index contributed by atoms with van der Waals surface area (Å²) < 4.78 is 0. The monoisotopic (exact) mass is 260 g/mol. The summed E-state index contributed by atoms with van der Waals surface area (Å²) >= 11 is 0. The average Bonchev–Trinajstić information content (AvgIpc) is 2.38. The maximum atomic E-state index is 12.4. The molecule has 0 radical (unpaired) electrons. The molecule has 102 valence electrons. The summed E-state index contributed by atoms with van der Waals surface area (Å²) in [7, 11) is 1.86. The zero-order chi connectivity index (χ0) is 14.0. The van der Waals surface area contributed by atoms with Crippen molar-refractivity contribution < 1.29 is 9.59 Å². The Kier molecular flexibility index (Phi) is 4.00. The van der Waals surface area contributed by atoms with Crippen LogP contribution in [0.1, 0.15) is 29.8 Å². The molecular formula is C15H20N2O2. The quantitative estimate of drug-likeness (QED) is 0.834. The van der Waals surface area contributed by atoms with Gasteiger partial charge in [0.05, 0.1) is 6.42 Å². The molecule has 0 saturated carbocycles. The lowest BCUT2D eigenvalue weighted by atomic mass is 9.96. The van der Waals surface area contributed by atoms with Gasteiger partial charge in [0.2, 0.25) is 5.91 Å². The van der Waals surface area contributed by atoms with Crippen molar-refractivity contribution >= 4 is 11.8 Å². The van der Waals surface area contributed by atoms with E-state index < -0.39 is 0 Å². The van der Waals surface area contributed by atoms with Crippen molar-refractivity contribution in [1.82, 2.24) is 10.2 Å². The molecule has 1 aromatic carbocycles. The van der Waals surface area contributed by atoms with Crippen LogP contribution in [0.3, 0.4) is 0 Å². The van der Waals surface area contributed by atoms with E-state index in [2.05, 4.69) is 19.2 Å². The number of carbonyl (C=O) groups is 2. The predicted molar refractivity (Wildman–Crippen MR) is 73.9 cm³/mol. The number of benzene rings is 1. The van der Waals surface area contributed by atoms with E-state index in [1.54, 1.807) is 6.07 Å². The number of hydrogen-bond donors (Lipinski definition) is 1. The van der Waals surface area contributed by atoms with Gasteiger partial charge in [0.1, 0.15) is 0 Å². The van der Waals surface area contributed by atoms with E-state index in [0.29, 0.717) is 24.4 Å². The summed E-state index contributed by atoms with van der Waals surface area (Å²) in [5, 5.41) is 3.17. The molecule has 2 rings (SSSR count). The summed E-state index contributed by atoms with van der Waals surface area (Å²) in [6.07, 6.45) is 0.316. The van der Waals surface area contributed by atoms with Gasteiger partial charge in [-0.15, -0.1) is 0 Å². The van der Waals surface area contributed by atoms with Crippen LogP contribution >= 0.6 is 0 Å². The second kappa shape index (κ2) is 5.53. The Morgan fingerprint density at radius 3 is 2.58 bits per heavy atom. The molecule has 19 heavy (non-hydrogen) atoms. The zero-order valence-corrected chi connectivity index (χ0v) is 11.6. The minimum atomic E-state index is -0.173. The smallest absolute Gasteiger partial charge is 0.260 e. The molecular weight excluding hydrogens is 240 g/mol. The van der Waals surface area contributed by atoms with Crippen molar-refractivity contribution in [3.05, 3.63) is 35.4 Å². The van der Waals surface area contributed by atoms with Crippen LogP contribution in [0.15, 0.2) is 24.3 Å². The molecule has 1 aliphatic rings. The highest BCUT2D eigenvalue weighted by Crippen LogP contribution is 2.20. The molecule has 1 N–H and O–H groups in total. The molecule has 4 nitrogen and oxygen atoms in total. The third kappa shape index (κ3) is 2.68. The van der Waals surface area contributed by atoms with Crippen molar-refractivity contribution in [1.29, 1.82) is 0 Å². The van der Waals surface area contributed by atoms with E-state index >= 15 is 0 Å². The summed E-state index contributed by atoms with van der Waals surface area (Å²) in [6.45, 7) is 4.59. The van der Waals surface area contributed by atoms with Crippen LogP contribution in [0.2, 0.25) is 0 Å². The minimum absolute atomic E-state index is 0.107. The molecule has 1 atom stereocenters. The first-order chi connectivity index (χ1) is 9.04. The Labute approximate surface area is 113 Å². The Morgan fingerprint density at radius 1 is 1.26 bits per heavy atom. The SMILES string of the molecule is CNC(CN1C(=O)Cc2ccccc2C1=O)C(C)C. The number of nitrogens with one attached hydrogen (secondary N) is 1. The second-order valence-corrected chi connectivity index (χ2v) is 5.28. The van der Waals surface area contributed by atoms with E-state index in [9.17, 15) is 9.59 Å². The van der Waals surface area contributed by atoms with E-state index in [1.807, 2.05) is 25.2 Å². The Morgan fingerprint density at radius 2 is 1.95 bits per heavy atom. The number of imide groups is 1. The Balaban J connectivity index is 2.24. The molecule has 1 unspecified atom stereocenters. The Bertz CT molecular complexity index is 497. The fourth-order valence-corrected chi connectivity index (χ4v) is 2.42. The first-order valence-electron chi connectivity index (χ1n) is 6.64. The average molecular weight is 260 g/mol. The van der Waals surface area contributed by atoms with Crippen LogP contribution in [-0.2, 0) is 11.2 Å². The zero-order valence-electron chi connectivity index (χ0n) is 11.6. The molecule has 1 aromatic rings. The highest BCUT2D eigenvalue weighted by atomic mass is 16.2. The summed E-state index contributed by atoms with van der Waals surface area (Å²) in [4.78, 5) is 25.9. The maximum Gasteiger partial charge on any atom is 0.260 e. The maximum absolute atomic E-state index is 12.4. The van der Waals surface area contributed by atoms with Crippen molar-refractivity contribution in [2.75, 3.05) is 13.6 Å². The number of hydrogen-bond acceptors (Lipinski definition) is 3. The summed E-state index contributed by atoms with van der Waals surface area (Å²) in [5.74, 6) is 0.0834. The van der Waals surface area contributed by atoms with Gasteiger partial charge in [-0.05, 0) is 24.6 Å². The van der Waals surface area contributed by atoms with E-state index in [0.717, 1.165) is 5.56 Å². The second-order valence-electron chi connectivity index (χ2n) is 5.28. The minimum Gasteiger partial charge on any atom is -0.315 e. The molecule has 0 saturated heterocycles. The highest BCUT2D eigenvalue weighted by molar-refractivity contribution is 6.09. The van der Waals surface area contributed by atoms with Gasteiger partial charge < -0.3 is 5.32 Å². The number of rotatable bonds is 4. The van der Waals surface area contributed by atoms with Gasteiger partial charge in [-0.1, -0.05) is 32.0 Å². The molecule has 4 heteroatoms. The fraction of sp³-hybridized carbons (Fsp3) is 0.467. The van der Waals surface area contributed by atoms with Crippen LogP contribution in [0.5, 0.6) is 0 Å². The normalized spacial score (nSPS) is 16.7. The number of nitrogens with zero attached hydrogens (tertiary/aromatic N) is 1. The van der Waals surface area contributed by atoms with Crippen LogP contribution in [0, 0.1) is 5.92 Å². The molecule has 2 amide bonds. The van der Waals surface area contributed by atoms with Gasteiger partial charge in [0, 0.05) is 18.2 Å². The molecule has 1 heterocycles.